The van der Waals surface area contributed by atoms with Gasteiger partial charge < -0.3 is 14.1 Å². The molecule has 0 saturated carbocycles. The highest BCUT2D eigenvalue weighted by atomic mass is 16.5. The van der Waals surface area contributed by atoms with Crippen molar-refractivity contribution < 1.29 is 9.15 Å². The van der Waals surface area contributed by atoms with Gasteiger partial charge in [-0.2, -0.15) is 10.5 Å². The van der Waals surface area contributed by atoms with Crippen LogP contribution < -0.4 is 9.64 Å². The van der Waals surface area contributed by atoms with E-state index >= 15 is 0 Å². The van der Waals surface area contributed by atoms with Crippen LogP contribution in [0.4, 0.5) is 11.4 Å². The van der Waals surface area contributed by atoms with E-state index in [2.05, 4.69) is 95.9 Å². The number of anilines is 2. The first-order valence-corrected chi connectivity index (χ1v) is 15.8. The average Bonchev–Trinajstić information content (AvgIpc) is 3.77. The molecule has 0 saturated heterocycles. The number of benzene rings is 6. The Morgan fingerprint density at radius 3 is 2.06 bits per heavy atom. The van der Waals surface area contributed by atoms with E-state index < -0.39 is 5.41 Å². The number of rotatable bonds is 2. The highest BCUT2D eigenvalue weighted by Crippen LogP contribution is 2.66. The highest BCUT2D eigenvalue weighted by Gasteiger charge is 2.60. The fourth-order valence-corrected chi connectivity index (χ4v) is 7.97. The fourth-order valence-electron chi connectivity index (χ4n) is 7.97. The number of hydrogen-bond donors (Lipinski definition) is 0. The number of ether oxygens (including phenoxy) is 1. The molecule has 0 bridgehead atoms. The molecule has 2 aliphatic carbocycles. The molecule has 5 nitrogen and oxygen atoms in total. The molecule has 6 aromatic carbocycles. The summed E-state index contributed by atoms with van der Waals surface area (Å²) in [7, 11) is 0. The van der Waals surface area contributed by atoms with Crippen LogP contribution in [0.2, 0.25) is 0 Å². The summed E-state index contributed by atoms with van der Waals surface area (Å²) in [6.45, 7) is 0. The third-order valence-electron chi connectivity index (χ3n) is 9.93. The summed E-state index contributed by atoms with van der Waals surface area (Å²) in [6, 6.07) is 51.3. The molecule has 0 amide bonds. The zero-order valence-electron chi connectivity index (χ0n) is 25.4. The molecule has 0 unspecified atom stereocenters. The van der Waals surface area contributed by atoms with Crippen molar-refractivity contribution in [3.05, 3.63) is 179 Å². The van der Waals surface area contributed by atoms with Gasteiger partial charge in [0.1, 0.15) is 16.8 Å². The molecule has 0 fully saturated rings. The maximum atomic E-state index is 9.84. The second-order valence-corrected chi connectivity index (χ2v) is 12.3. The van der Waals surface area contributed by atoms with Gasteiger partial charge in [-0.25, -0.2) is 0 Å². The van der Waals surface area contributed by atoms with Gasteiger partial charge in [0.05, 0.1) is 40.2 Å². The van der Waals surface area contributed by atoms with E-state index in [-0.39, 0.29) is 0 Å². The molecule has 0 N–H and O–H groups in total. The van der Waals surface area contributed by atoms with E-state index in [9.17, 15) is 10.5 Å². The molecule has 3 aliphatic rings. The molecule has 222 valence electrons. The summed E-state index contributed by atoms with van der Waals surface area (Å²) in [5.74, 6) is 2.42. The van der Waals surface area contributed by atoms with Crippen LogP contribution in [0.5, 0.6) is 5.75 Å². The number of nitriles is 2. The molecule has 10 rings (SSSR count). The van der Waals surface area contributed by atoms with E-state index in [4.69, 9.17) is 9.15 Å². The lowest BCUT2D eigenvalue weighted by molar-refractivity contribution is 0.346. The van der Waals surface area contributed by atoms with Gasteiger partial charge in [0, 0.05) is 16.6 Å². The molecule has 1 aliphatic heterocycles. The summed E-state index contributed by atoms with van der Waals surface area (Å²) in [6.07, 6.45) is 0. The van der Waals surface area contributed by atoms with Gasteiger partial charge in [-0.1, -0.05) is 91.0 Å². The van der Waals surface area contributed by atoms with Crippen molar-refractivity contribution in [2.24, 2.45) is 0 Å². The van der Waals surface area contributed by atoms with Crippen LogP contribution in [0.25, 0.3) is 38.9 Å². The van der Waals surface area contributed by atoms with Gasteiger partial charge in [-0.15, -0.1) is 0 Å². The Morgan fingerprint density at radius 1 is 0.625 bits per heavy atom. The van der Waals surface area contributed by atoms with E-state index in [0.29, 0.717) is 11.1 Å². The zero-order chi connectivity index (χ0) is 32.0. The number of hydrogen-bond acceptors (Lipinski definition) is 5. The second-order valence-electron chi connectivity index (χ2n) is 12.3. The molecular formula is C43H23N3O2. The fraction of sp³-hybridized carbons (Fsp3) is 0.0233. The largest absolute Gasteiger partial charge is 0.459 e. The number of allylic oxidation sites excluding steroid dienone is 1. The minimum atomic E-state index is -0.804. The van der Waals surface area contributed by atoms with Crippen LogP contribution >= 0.6 is 0 Å². The third-order valence-corrected chi connectivity index (χ3v) is 9.93. The number of furan rings is 1. The molecular weight excluding hydrogens is 590 g/mol. The lowest BCUT2D eigenvalue weighted by Gasteiger charge is -2.37. The van der Waals surface area contributed by atoms with Crippen molar-refractivity contribution in [1.82, 2.24) is 0 Å². The first-order chi connectivity index (χ1) is 23.7. The summed E-state index contributed by atoms with van der Waals surface area (Å²) in [4.78, 5) is 2.29. The average molecular weight is 614 g/mol. The normalized spacial score (nSPS) is 14.4. The van der Waals surface area contributed by atoms with Crippen molar-refractivity contribution in [2.45, 2.75) is 5.41 Å². The van der Waals surface area contributed by atoms with Crippen LogP contribution in [-0.4, -0.2) is 0 Å². The minimum absolute atomic E-state index is 0.512. The van der Waals surface area contributed by atoms with Gasteiger partial charge >= 0.3 is 0 Å². The van der Waals surface area contributed by atoms with Crippen molar-refractivity contribution in [3.8, 4) is 40.1 Å². The second kappa shape index (κ2) is 9.59. The van der Waals surface area contributed by atoms with Crippen LogP contribution in [-0.2, 0) is 5.41 Å². The van der Waals surface area contributed by atoms with E-state index in [1.165, 1.54) is 11.1 Å². The Labute approximate surface area is 276 Å². The lowest BCUT2D eigenvalue weighted by Crippen LogP contribution is -2.32. The Kier molecular flexibility index (Phi) is 5.28. The van der Waals surface area contributed by atoms with Gasteiger partial charge in [-0.3, -0.25) is 0 Å². The van der Waals surface area contributed by atoms with E-state index in [1.54, 1.807) is 18.2 Å². The SMILES string of the molecule is N#Cc1ccc(C#N)c(-c2ccc(N3C4=C(Oc5ccccc53)C3(c5ccccc5-c5ccccc53)c3oc5ccccc5c34)cc2)c1. The van der Waals surface area contributed by atoms with Gasteiger partial charge in [0.25, 0.3) is 0 Å². The quantitative estimate of drug-likeness (QED) is 0.194. The van der Waals surface area contributed by atoms with Crippen LogP contribution in [0, 0.1) is 22.7 Å². The predicted octanol–water partition coefficient (Wildman–Crippen LogP) is 10.1. The molecule has 48 heavy (non-hydrogen) atoms. The van der Waals surface area contributed by atoms with Crippen LogP contribution in [0.15, 0.2) is 150 Å². The molecule has 5 heteroatoms. The van der Waals surface area contributed by atoms with Crippen molar-refractivity contribution >= 4 is 28.0 Å². The van der Waals surface area contributed by atoms with Crippen molar-refractivity contribution in [1.29, 1.82) is 10.5 Å². The van der Waals surface area contributed by atoms with Gasteiger partial charge in [0.15, 0.2) is 11.5 Å². The molecule has 1 spiro atoms. The molecule has 7 aromatic rings. The third kappa shape index (κ3) is 3.27. The number of fused-ring (bicyclic) bond motifs is 12. The lowest BCUT2D eigenvalue weighted by atomic mass is 9.76. The van der Waals surface area contributed by atoms with Gasteiger partial charge in [0.2, 0.25) is 0 Å². The first-order valence-electron chi connectivity index (χ1n) is 15.8. The summed E-state index contributed by atoms with van der Waals surface area (Å²) in [5, 5.41) is 20.4. The van der Waals surface area contributed by atoms with Crippen molar-refractivity contribution in [3.63, 3.8) is 0 Å². The topological polar surface area (TPSA) is 73.2 Å². The Morgan fingerprint density at radius 2 is 1.31 bits per heavy atom. The van der Waals surface area contributed by atoms with Crippen molar-refractivity contribution in [2.75, 3.05) is 4.90 Å². The minimum Gasteiger partial charge on any atom is -0.459 e. The standard InChI is InChI=1S/C43H23N3O2/c44-24-26-17-18-28(25-45)33(23-26)27-19-21-29(22-20-27)46-36-14-6-8-16-38(36)48-42-40(46)39-32-11-3-7-15-37(32)47-41(39)43(42)34-12-4-1-9-30(34)31-10-2-5-13-35(31)43/h1-23H. The molecule has 1 aromatic heterocycles. The Balaban J connectivity index is 1.28. The summed E-state index contributed by atoms with van der Waals surface area (Å²) >= 11 is 0. The molecule has 0 atom stereocenters. The predicted molar refractivity (Wildman–Crippen MR) is 185 cm³/mol. The Bertz CT molecular complexity index is 2590. The van der Waals surface area contributed by atoms with E-state index in [1.807, 2.05) is 42.5 Å². The number of nitrogens with zero attached hydrogens (tertiary/aromatic N) is 3. The zero-order valence-corrected chi connectivity index (χ0v) is 25.4. The molecule has 0 radical (unpaired) electrons. The monoisotopic (exact) mass is 613 g/mol. The maximum Gasteiger partial charge on any atom is 0.152 e. The summed E-state index contributed by atoms with van der Waals surface area (Å²) < 4.78 is 14.1. The smallest absolute Gasteiger partial charge is 0.152 e. The van der Waals surface area contributed by atoms with Crippen LogP contribution in [0.1, 0.15) is 33.6 Å². The molecule has 2 heterocycles. The maximum absolute atomic E-state index is 9.84. The number of para-hydroxylation sites is 3. The summed E-state index contributed by atoms with van der Waals surface area (Å²) in [5.41, 5.74) is 11.0. The highest BCUT2D eigenvalue weighted by molar-refractivity contribution is 6.08. The van der Waals surface area contributed by atoms with E-state index in [0.717, 1.165) is 73.1 Å². The van der Waals surface area contributed by atoms with Crippen LogP contribution in [0.3, 0.4) is 0 Å². The first kappa shape index (κ1) is 26.4. The van der Waals surface area contributed by atoms with Gasteiger partial charge in [-0.05, 0) is 76.3 Å². The Hall–Kier alpha value is -6.82.